The quantitative estimate of drug-likeness (QED) is 0.451. The number of hydrogen-bond acceptors (Lipinski definition) is 5. The lowest BCUT2D eigenvalue weighted by Crippen LogP contribution is -2.10. The average Bonchev–Trinajstić information content (AvgIpc) is 2.81. The molecule has 0 aliphatic heterocycles. The van der Waals surface area contributed by atoms with E-state index in [0.29, 0.717) is 17.1 Å². The molecule has 6 heteroatoms. The highest BCUT2D eigenvalue weighted by molar-refractivity contribution is 6.30. The highest BCUT2D eigenvalue weighted by Crippen LogP contribution is 2.36. The second-order valence-corrected chi connectivity index (χ2v) is 7.48. The van der Waals surface area contributed by atoms with Crippen molar-refractivity contribution in [1.82, 2.24) is 0 Å². The van der Waals surface area contributed by atoms with E-state index in [1.807, 2.05) is 49.4 Å². The van der Waals surface area contributed by atoms with Crippen molar-refractivity contribution in [3.63, 3.8) is 0 Å². The Kier molecular flexibility index (Phi) is 7.66. The molecule has 0 aliphatic carbocycles. The van der Waals surface area contributed by atoms with Crippen molar-refractivity contribution < 1.29 is 19.3 Å². The molecule has 0 bridgehead atoms. The van der Waals surface area contributed by atoms with Crippen molar-refractivity contribution >= 4 is 17.3 Å². The fourth-order valence-corrected chi connectivity index (χ4v) is 3.87. The molecule has 0 spiro atoms. The Labute approximate surface area is 188 Å². The Balaban J connectivity index is 1.93. The molecule has 164 valence electrons. The van der Waals surface area contributed by atoms with Gasteiger partial charge in [0.25, 0.3) is 0 Å². The first-order valence-corrected chi connectivity index (χ1v) is 10.5. The molecule has 1 unspecified atom stereocenters. The molecule has 1 atom stereocenters. The van der Waals surface area contributed by atoms with Gasteiger partial charge in [-0.2, -0.15) is 0 Å². The lowest BCUT2D eigenvalue weighted by atomic mass is 9.93. The SMILES string of the molecule is CCc1c(OC)cccc1C(O)c1cc(Cl)ccc1NCc1ccc(OC)cc1OC. The summed E-state index contributed by atoms with van der Waals surface area (Å²) >= 11 is 6.28. The molecule has 0 fully saturated rings. The molecule has 3 rings (SSSR count). The van der Waals surface area contributed by atoms with Crippen LogP contribution < -0.4 is 19.5 Å². The van der Waals surface area contributed by atoms with E-state index in [4.69, 9.17) is 25.8 Å². The standard InChI is InChI=1S/C25H28ClNO4/c1-5-19-20(7-6-8-23(19)30-3)25(28)21-13-17(26)10-12-22(21)27-15-16-9-11-18(29-2)14-24(16)31-4/h6-14,25,27-28H,5,15H2,1-4H3. The van der Waals surface area contributed by atoms with Crippen molar-refractivity contribution in [1.29, 1.82) is 0 Å². The summed E-state index contributed by atoms with van der Waals surface area (Å²) in [7, 11) is 4.89. The molecule has 3 aromatic carbocycles. The van der Waals surface area contributed by atoms with Gasteiger partial charge >= 0.3 is 0 Å². The summed E-state index contributed by atoms with van der Waals surface area (Å²) in [5.74, 6) is 2.22. The number of methoxy groups -OCH3 is 3. The topological polar surface area (TPSA) is 60.0 Å². The monoisotopic (exact) mass is 441 g/mol. The Morgan fingerprint density at radius 1 is 0.903 bits per heavy atom. The fourth-order valence-electron chi connectivity index (χ4n) is 3.69. The van der Waals surface area contributed by atoms with Crippen LogP contribution in [-0.4, -0.2) is 26.4 Å². The number of ether oxygens (including phenoxy) is 3. The van der Waals surface area contributed by atoms with Gasteiger partial charge in [0.15, 0.2) is 0 Å². The smallest absolute Gasteiger partial charge is 0.127 e. The van der Waals surface area contributed by atoms with E-state index in [1.165, 1.54) is 0 Å². The van der Waals surface area contributed by atoms with Crippen molar-refractivity contribution in [2.75, 3.05) is 26.6 Å². The van der Waals surface area contributed by atoms with E-state index >= 15 is 0 Å². The van der Waals surface area contributed by atoms with E-state index in [0.717, 1.165) is 46.0 Å². The predicted octanol–water partition coefficient (Wildman–Crippen LogP) is 5.62. The summed E-state index contributed by atoms with van der Waals surface area (Å²) < 4.78 is 16.3. The molecule has 0 amide bonds. The average molecular weight is 442 g/mol. The number of benzene rings is 3. The van der Waals surface area contributed by atoms with Gasteiger partial charge in [-0.1, -0.05) is 30.7 Å². The molecule has 5 nitrogen and oxygen atoms in total. The van der Waals surface area contributed by atoms with Crippen LogP contribution in [0.3, 0.4) is 0 Å². The number of aliphatic hydroxyl groups is 1. The fraction of sp³-hybridized carbons (Fsp3) is 0.280. The van der Waals surface area contributed by atoms with E-state index in [-0.39, 0.29) is 0 Å². The zero-order chi connectivity index (χ0) is 22.4. The molecule has 0 saturated heterocycles. The Morgan fingerprint density at radius 2 is 1.68 bits per heavy atom. The lowest BCUT2D eigenvalue weighted by molar-refractivity contribution is 0.219. The third-order valence-electron chi connectivity index (χ3n) is 5.31. The van der Waals surface area contributed by atoms with Crippen molar-refractivity contribution in [3.8, 4) is 17.2 Å². The first-order valence-electron chi connectivity index (χ1n) is 10.1. The van der Waals surface area contributed by atoms with Gasteiger partial charge < -0.3 is 24.6 Å². The zero-order valence-electron chi connectivity index (χ0n) is 18.2. The molecule has 31 heavy (non-hydrogen) atoms. The van der Waals surface area contributed by atoms with Crippen LogP contribution in [0.25, 0.3) is 0 Å². The van der Waals surface area contributed by atoms with Gasteiger partial charge in [0, 0.05) is 34.4 Å². The summed E-state index contributed by atoms with van der Waals surface area (Å²) in [5.41, 5.74) is 4.23. The van der Waals surface area contributed by atoms with Gasteiger partial charge in [-0.3, -0.25) is 0 Å². The second kappa shape index (κ2) is 10.4. The molecular weight excluding hydrogens is 414 g/mol. The number of aliphatic hydroxyl groups excluding tert-OH is 1. The van der Waals surface area contributed by atoms with Gasteiger partial charge in [-0.15, -0.1) is 0 Å². The maximum Gasteiger partial charge on any atom is 0.127 e. The first-order chi connectivity index (χ1) is 15.0. The molecular formula is C25H28ClNO4. The van der Waals surface area contributed by atoms with Crippen LogP contribution in [0.5, 0.6) is 17.2 Å². The van der Waals surface area contributed by atoms with Gasteiger partial charge in [-0.05, 0) is 53.9 Å². The van der Waals surface area contributed by atoms with Gasteiger partial charge in [0.1, 0.15) is 23.4 Å². The van der Waals surface area contributed by atoms with Crippen LogP contribution in [0.2, 0.25) is 5.02 Å². The Bertz CT molecular complexity index is 1040. The molecule has 0 saturated carbocycles. The molecule has 0 aromatic heterocycles. The summed E-state index contributed by atoms with van der Waals surface area (Å²) in [5, 5.41) is 15.3. The van der Waals surface area contributed by atoms with Gasteiger partial charge in [-0.25, -0.2) is 0 Å². The minimum Gasteiger partial charge on any atom is -0.497 e. The number of halogens is 1. The number of hydrogen-bond donors (Lipinski definition) is 2. The molecule has 2 N–H and O–H groups in total. The summed E-state index contributed by atoms with van der Waals surface area (Å²) in [4.78, 5) is 0. The number of anilines is 1. The summed E-state index contributed by atoms with van der Waals surface area (Å²) in [6.07, 6.45) is -0.119. The highest BCUT2D eigenvalue weighted by Gasteiger charge is 2.20. The number of nitrogens with one attached hydrogen (secondary N) is 1. The van der Waals surface area contributed by atoms with E-state index in [9.17, 15) is 5.11 Å². The third-order valence-corrected chi connectivity index (χ3v) is 5.54. The summed E-state index contributed by atoms with van der Waals surface area (Å²) in [6.45, 7) is 2.55. The minimum absolute atomic E-state index is 0.507. The number of rotatable bonds is 9. The molecule has 0 aliphatic rings. The van der Waals surface area contributed by atoms with Gasteiger partial charge in [0.2, 0.25) is 0 Å². The van der Waals surface area contributed by atoms with Crippen LogP contribution in [0.1, 0.15) is 35.3 Å². The van der Waals surface area contributed by atoms with Gasteiger partial charge in [0.05, 0.1) is 21.3 Å². The van der Waals surface area contributed by atoms with Crippen molar-refractivity contribution in [3.05, 3.63) is 81.9 Å². The van der Waals surface area contributed by atoms with E-state index in [1.54, 1.807) is 33.5 Å². The van der Waals surface area contributed by atoms with Crippen LogP contribution in [0, 0.1) is 0 Å². The van der Waals surface area contributed by atoms with Crippen LogP contribution >= 0.6 is 11.6 Å². The van der Waals surface area contributed by atoms with Crippen molar-refractivity contribution in [2.24, 2.45) is 0 Å². The third kappa shape index (κ3) is 5.06. The van der Waals surface area contributed by atoms with Crippen molar-refractivity contribution in [2.45, 2.75) is 26.0 Å². The minimum atomic E-state index is -0.857. The summed E-state index contributed by atoms with van der Waals surface area (Å²) in [6, 6.07) is 16.9. The highest BCUT2D eigenvalue weighted by atomic mass is 35.5. The Hall–Kier alpha value is -2.89. The second-order valence-electron chi connectivity index (χ2n) is 7.05. The lowest BCUT2D eigenvalue weighted by Gasteiger charge is -2.21. The molecule has 0 heterocycles. The zero-order valence-corrected chi connectivity index (χ0v) is 19.0. The largest absolute Gasteiger partial charge is 0.497 e. The molecule has 3 aromatic rings. The maximum atomic E-state index is 11.3. The van der Waals surface area contributed by atoms with Crippen LogP contribution in [0.15, 0.2) is 54.6 Å². The van der Waals surface area contributed by atoms with E-state index in [2.05, 4.69) is 5.32 Å². The van der Waals surface area contributed by atoms with Crippen LogP contribution in [0.4, 0.5) is 5.69 Å². The Morgan fingerprint density at radius 3 is 2.35 bits per heavy atom. The first kappa shape index (κ1) is 22.8. The van der Waals surface area contributed by atoms with Crippen LogP contribution in [-0.2, 0) is 13.0 Å². The maximum absolute atomic E-state index is 11.3. The van der Waals surface area contributed by atoms with E-state index < -0.39 is 6.10 Å². The predicted molar refractivity (Wildman–Crippen MR) is 125 cm³/mol. The molecule has 0 radical (unpaired) electrons. The normalized spacial score (nSPS) is 11.7.